The Bertz CT molecular complexity index is 838. The zero-order valence-corrected chi connectivity index (χ0v) is 20.8. The van der Waals surface area contributed by atoms with E-state index in [0.717, 1.165) is 31.2 Å². The number of hydrogen-bond donors (Lipinski definition) is 1. The lowest BCUT2D eigenvalue weighted by Gasteiger charge is -2.42. The van der Waals surface area contributed by atoms with E-state index in [1.54, 1.807) is 19.1 Å². The van der Waals surface area contributed by atoms with E-state index in [2.05, 4.69) is 6.92 Å². The third-order valence-corrected chi connectivity index (χ3v) is 7.76. The topological polar surface area (TPSA) is 101 Å². The first-order valence-electron chi connectivity index (χ1n) is 11.9. The van der Waals surface area contributed by atoms with Gasteiger partial charge in [-0.25, -0.2) is 0 Å². The smallest absolute Gasteiger partial charge is 0.297 e. The minimum atomic E-state index is -3.97. The average Bonchev–Trinajstić information content (AvgIpc) is 3.46. The molecule has 1 atom stereocenters. The normalized spacial score (nSPS) is 21.8. The standard InChI is InChI=1S/C24H38O8S/c1-4-5-6-7-12-22(3,25)24(30-17-18-31-24)14-13-23(28-15-16-29-23)19-32-33(26,27)21-10-8-20(2)9-11-21/h8-11,25H,4-7,12-19H2,1-3H3. The molecular weight excluding hydrogens is 448 g/mol. The van der Waals surface area contributed by atoms with E-state index in [4.69, 9.17) is 23.1 Å². The highest BCUT2D eigenvalue weighted by atomic mass is 32.2. The fraction of sp³-hybridized carbons (Fsp3) is 0.750. The summed E-state index contributed by atoms with van der Waals surface area (Å²) in [5.74, 6) is -2.45. The molecule has 2 aliphatic rings. The lowest BCUT2D eigenvalue weighted by Crippen LogP contribution is -2.54. The summed E-state index contributed by atoms with van der Waals surface area (Å²) in [5.41, 5.74) is -0.247. The summed E-state index contributed by atoms with van der Waals surface area (Å²) in [5, 5.41) is 11.3. The van der Waals surface area contributed by atoms with Gasteiger partial charge in [0, 0.05) is 12.8 Å². The van der Waals surface area contributed by atoms with Gasteiger partial charge in [0.15, 0.2) is 11.6 Å². The Morgan fingerprint density at radius 2 is 1.58 bits per heavy atom. The zero-order chi connectivity index (χ0) is 24.0. The van der Waals surface area contributed by atoms with Crippen LogP contribution in [-0.4, -0.2) is 63.7 Å². The Kier molecular flexibility index (Phi) is 8.94. The van der Waals surface area contributed by atoms with Crippen LogP contribution in [0.2, 0.25) is 0 Å². The van der Waals surface area contributed by atoms with Crippen LogP contribution in [0.5, 0.6) is 0 Å². The van der Waals surface area contributed by atoms with Gasteiger partial charge < -0.3 is 24.1 Å². The Balaban J connectivity index is 1.67. The summed E-state index contributed by atoms with van der Waals surface area (Å²) >= 11 is 0. The van der Waals surface area contributed by atoms with Crippen molar-refractivity contribution in [1.29, 1.82) is 0 Å². The first-order chi connectivity index (χ1) is 15.6. The van der Waals surface area contributed by atoms with Gasteiger partial charge in [0.05, 0.1) is 31.3 Å². The molecule has 2 fully saturated rings. The molecule has 2 heterocycles. The highest BCUT2D eigenvalue weighted by Gasteiger charge is 2.53. The molecule has 0 saturated carbocycles. The Morgan fingerprint density at radius 3 is 2.18 bits per heavy atom. The lowest BCUT2D eigenvalue weighted by molar-refractivity contribution is -0.281. The molecule has 8 nitrogen and oxygen atoms in total. The third kappa shape index (κ3) is 6.54. The maximum absolute atomic E-state index is 12.7. The maximum Gasteiger partial charge on any atom is 0.297 e. The van der Waals surface area contributed by atoms with Crippen molar-refractivity contribution in [1.82, 2.24) is 0 Å². The molecule has 9 heteroatoms. The van der Waals surface area contributed by atoms with Crippen LogP contribution in [-0.2, 0) is 33.2 Å². The van der Waals surface area contributed by atoms with Crippen molar-refractivity contribution < 1.29 is 36.7 Å². The Labute approximate surface area is 197 Å². The molecule has 0 radical (unpaired) electrons. The minimum absolute atomic E-state index is 0.0789. The van der Waals surface area contributed by atoms with Gasteiger partial charge in [0.1, 0.15) is 12.2 Å². The molecule has 1 aromatic rings. The second-order valence-electron chi connectivity index (χ2n) is 9.17. The molecule has 0 bridgehead atoms. The summed E-state index contributed by atoms with van der Waals surface area (Å²) in [7, 11) is -3.97. The minimum Gasteiger partial charge on any atom is -0.385 e. The van der Waals surface area contributed by atoms with Crippen LogP contribution in [0.1, 0.15) is 64.4 Å². The Morgan fingerprint density at radius 1 is 0.970 bits per heavy atom. The van der Waals surface area contributed by atoms with Crippen LogP contribution in [0, 0.1) is 6.92 Å². The molecule has 2 aliphatic heterocycles. The summed E-state index contributed by atoms with van der Waals surface area (Å²) < 4.78 is 54.2. The largest absolute Gasteiger partial charge is 0.385 e. The number of ether oxygens (including phenoxy) is 4. The summed E-state index contributed by atoms with van der Waals surface area (Å²) in [6.07, 6.45) is 5.20. The summed E-state index contributed by atoms with van der Waals surface area (Å²) in [6.45, 7) is 6.91. The van der Waals surface area contributed by atoms with E-state index in [0.29, 0.717) is 32.8 Å². The van der Waals surface area contributed by atoms with E-state index in [9.17, 15) is 13.5 Å². The van der Waals surface area contributed by atoms with Crippen LogP contribution in [0.3, 0.4) is 0 Å². The van der Waals surface area contributed by atoms with Crippen LogP contribution < -0.4 is 0 Å². The van der Waals surface area contributed by atoms with E-state index >= 15 is 0 Å². The van der Waals surface area contributed by atoms with Gasteiger partial charge in [0.2, 0.25) is 0 Å². The first kappa shape index (κ1) is 26.5. The van der Waals surface area contributed by atoms with Gasteiger partial charge in [-0.2, -0.15) is 8.42 Å². The molecule has 33 heavy (non-hydrogen) atoms. The van der Waals surface area contributed by atoms with Crippen molar-refractivity contribution in [3.63, 3.8) is 0 Å². The summed E-state index contributed by atoms with van der Waals surface area (Å²) in [4.78, 5) is 0.0789. The van der Waals surface area contributed by atoms with Gasteiger partial charge in [0.25, 0.3) is 10.1 Å². The molecule has 0 aliphatic carbocycles. The zero-order valence-electron chi connectivity index (χ0n) is 20.0. The van der Waals surface area contributed by atoms with E-state index in [-0.39, 0.29) is 24.3 Å². The van der Waals surface area contributed by atoms with Crippen molar-refractivity contribution in [3.05, 3.63) is 29.8 Å². The molecular formula is C24H38O8S. The number of aliphatic hydroxyl groups is 1. The van der Waals surface area contributed by atoms with Gasteiger partial charge >= 0.3 is 0 Å². The van der Waals surface area contributed by atoms with Crippen LogP contribution >= 0.6 is 0 Å². The van der Waals surface area contributed by atoms with Crippen molar-refractivity contribution in [3.8, 4) is 0 Å². The van der Waals surface area contributed by atoms with Crippen molar-refractivity contribution in [2.45, 2.75) is 87.8 Å². The van der Waals surface area contributed by atoms with Gasteiger partial charge in [-0.15, -0.1) is 0 Å². The lowest BCUT2D eigenvalue weighted by atomic mass is 9.85. The number of rotatable bonds is 13. The SMILES string of the molecule is CCCCCCC(C)(O)C1(CCC2(COS(=O)(=O)c3ccc(C)cc3)OCCO2)OCCO1. The molecule has 3 rings (SSSR count). The van der Waals surface area contributed by atoms with Gasteiger partial charge in [-0.05, 0) is 32.4 Å². The predicted octanol–water partition coefficient (Wildman–Crippen LogP) is 3.69. The molecule has 0 aromatic heterocycles. The molecule has 1 N–H and O–H groups in total. The molecule has 1 aromatic carbocycles. The van der Waals surface area contributed by atoms with Crippen molar-refractivity contribution >= 4 is 10.1 Å². The number of benzene rings is 1. The van der Waals surface area contributed by atoms with Gasteiger partial charge in [-0.1, -0.05) is 50.3 Å². The van der Waals surface area contributed by atoms with Crippen LogP contribution in [0.25, 0.3) is 0 Å². The van der Waals surface area contributed by atoms with E-state index in [1.807, 2.05) is 6.92 Å². The molecule has 0 spiro atoms. The Hall–Kier alpha value is -1.07. The first-order valence-corrected chi connectivity index (χ1v) is 13.3. The number of hydrogen-bond acceptors (Lipinski definition) is 8. The number of aryl methyl sites for hydroxylation is 1. The van der Waals surface area contributed by atoms with Crippen LogP contribution in [0.4, 0.5) is 0 Å². The molecule has 188 valence electrons. The summed E-state index contributed by atoms with van der Waals surface area (Å²) in [6, 6.07) is 6.46. The number of unbranched alkanes of at least 4 members (excludes halogenated alkanes) is 3. The highest BCUT2D eigenvalue weighted by molar-refractivity contribution is 7.86. The fourth-order valence-corrected chi connectivity index (χ4v) is 5.30. The maximum atomic E-state index is 12.7. The molecule has 2 saturated heterocycles. The second-order valence-corrected chi connectivity index (χ2v) is 10.8. The fourth-order valence-electron chi connectivity index (χ4n) is 4.36. The van der Waals surface area contributed by atoms with Crippen molar-refractivity contribution in [2.24, 2.45) is 0 Å². The quantitative estimate of drug-likeness (QED) is 0.333. The predicted molar refractivity (Wildman–Crippen MR) is 122 cm³/mol. The van der Waals surface area contributed by atoms with Crippen LogP contribution in [0.15, 0.2) is 29.2 Å². The second kappa shape index (κ2) is 11.1. The molecule has 1 unspecified atom stereocenters. The average molecular weight is 487 g/mol. The van der Waals surface area contributed by atoms with Crippen molar-refractivity contribution in [2.75, 3.05) is 33.0 Å². The third-order valence-electron chi connectivity index (χ3n) is 6.48. The molecule has 0 amide bonds. The van der Waals surface area contributed by atoms with E-state index < -0.39 is 27.3 Å². The monoisotopic (exact) mass is 486 g/mol. The highest BCUT2D eigenvalue weighted by Crippen LogP contribution is 2.41. The van der Waals surface area contributed by atoms with E-state index in [1.165, 1.54) is 12.1 Å². The van der Waals surface area contributed by atoms with Gasteiger partial charge in [-0.3, -0.25) is 4.18 Å².